The van der Waals surface area contributed by atoms with E-state index in [0.717, 1.165) is 5.69 Å². The number of hydrogen-bond acceptors (Lipinski definition) is 9. The number of nitrogens with zero attached hydrogens (tertiary/aromatic N) is 3. The molecule has 162 valence electrons. The van der Waals surface area contributed by atoms with E-state index in [4.69, 9.17) is 15.9 Å². The molecule has 0 aliphatic carbocycles. The minimum absolute atomic E-state index is 0.122. The highest BCUT2D eigenvalue weighted by Crippen LogP contribution is 2.31. The van der Waals surface area contributed by atoms with Crippen LogP contribution in [0, 0.1) is 5.41 Å². The lowest BCUT2D eigenvalue weighted by atomic mass is 10.1. The van der Waals surface area contributed by atoms with E-state index in [9.17, 15) is 4.79 Å². The van der Waals surface area contributed by atoms with Crippen molar-refractivity contribution in [2.75, 3.05) is 23.5 Å². The van der Waals surface area contributed by atoms with Crippen molar-refractivity contribution in [1.29, 1.82) is 5.41 Å². The number of methoxy groups -OCH3 is 1. The number of pyridine rings is 1. The van der Waals surface area contributed by atoms with Gasteiger partial charge in [-0.1, -0.05) is 12.1 Å². The molecule has 11 heteroatoms. The van der Waals surface area contributed by atoms with Crippen molar-refractivity contribution >= 4 is 65.2 Å². The maximum absolute atomic E-state index is 13.0. The van der Waals surface area contributed by atoms with Gasteiger partial charge in [-0.25, -0.2) is 15.0 Å². The number of benzene rings is 1. The molecule has 9 nitrogen and oxygen atoms in total. The number of aromatic nitrogens is 3. The maximum Gasteiger partial charge on any atom is 0.258 e. The van der Waals surface area contributed by atoms with Crippen LogP contribution in [-0.4, -0.2) is 32.6 Å². The van der Waals surface area contributed by atoms with Gasteiger partial charge in [-0.15, -0.1) is 11.3 Å². The monoisotopic (exact) mass is 511 g/mol. The zero-order chi connectivity index (χ0) is 22.7. The standard InChI is InChI=1S/C21H18BrN7O2S/c1-31-15-7-2-4-11(28-15)8-25-13-5-3-6-14(16(13)19(22)23)29-21(30)12-9-32-18-17(12)26-10-27-20(18)24/h2-7,9-10,23,25H,8H2,1H3,(H,29,30)(H2,24,26,27). The second-order valence-electron chi connectivity index (χ2n) is 6.61. The molecule has 0 bridgehead atoms. The molecule has 0 spiro atoms. The predicted octanol–water partition coefficient (Wildman–Crippen LogP) is 4.26. The molecule has 4 rings (SSSR count). The van der Waals surface area contributed by atoms with Crippen LogP contribution in [0.15, 0.2) is 48.1 Å². The number of anilines is 3. The van der Waals surface area contributed by atoms with Crippen LogP contribution < -0.4 is 21.1 Å². The molecule has 0 aliphatic heterocycles. The van der Waals surface area contributed by atoms with Gasteiger partial charge in [-0.05, 0) is 34.1 Å². The topological polar surface area (TPSA) is 139 Å². The second kappa shape index (κ2) is 9.28. The molecule has 0 saturated heterocycles. The summed E-state index contributed by atoms with van der Waals surface area (Å²) in [6, 6.07) is 10.9. The molecule has 0 radical (unpaired) electrons. The molecule has 0 saturated carbocycles. The fourth-order valence-corrected chi connectivity index (χ4v) is 4.44. The van der Waals surface area contributed by atoms with Gasteiger partial charge in [0, 0.05) is 17.1 Å². The van der Waals surface area contributed by atoms with Gasteiger partial charge in [0.1, 0.15) is 16.8 Å². The number of ether oxygens (including phenoxy) is 1. The van der Waals surface area contributed by atoms with Gasteiger partial charge in [0.25, 0.3) is 5.91 Å². The molecule has 32 heavy (non-hydrogen) atoms. The number of halogens is 1. The molecule has 1 aromatic carbocycles. The Hall–Kier alpha value is -3.57. The van der Waals surface area contributed by atoms with Crippen LogP contribution in [0.4, 0.5) is 17.2 Å². The van der Waals surface area contributed by atoms with Gasteiger partial charge in [-0.3, -0.25) is 10.2 Å². The van der Waals surface area contributed by atoms with Crippen LogP contribution in [0.3, 0.4) is 0 Å². The third kappa shape index (κ3) is 4.39. The van der Waals surface area contributed by atoms with Crippen LogP contribution in [0.1, 0.15) is 21.6 Å². The quantitative estimate of drug-likeness (QED) is 0.271. The number of nitrogen functional groups attached to an aromatic ring is 1. The average molecular weight is 512 g/mol. The lowest BCUT2D eigenvalue weighted by Gasteiger charge is -2.15. The van der Waals surface area contributed by atoms with Crippen molar-refractivity contribution < 1.29 is 9.53 Å². The van der Waals surface area contributed by atoms with E-state index in [2.05, 4.69) is 41.5 Å². The molecule has 5 N–H and O–H groups in total. The summed E-state index contributed by atoms with van der Waals surface area (Å²) in [6.07, 6.45) is 1.33. The highest BCUT2D eigenvalue weighted by Gasteiger charge is 2.19. The predicted molar refractivity (Wildman–Crippen MR) is 130 cm³/mol. The van der Waals surface area contributed by atoms with E-state index >= 15 is 0 Å². The SMILES string of the molecule is COc1cccc(CNc2cccc(NC(=O)c3csc4c(N)ncnc34)c2C(=N)Br)n1. The van der Waals surface area contributed by atoms with Gasteiger partial charge in [0.05, 0.1) is 46.4 Å². The first-order valence-electron chi connectivity index (χ1n) is 9.38. The molecule has 0 fully saturated rings. The number of rotatable bonds is 7. The van der Waals surface area contributed by atoms with Crippen molar-refractivity contribution in [2.24, 2.45) is 0 Å². The Bertz CT molecular complexity index is 1320. The van der Waals surface area contributed by atoms with Gasteiger partial charge < -0.3 is 21.1 Å². The first-order chi connectivity index (χ1) is 15.5. The molecular formula is C21H18BrN7O2S. The van der Waals surface area contributed by atoms with E-state index in [1.54, 1.807) is 30.7 Å². The molecule has 4 aromatic rings. The summed E-state index contributed by atoms with van der Waals surface area (Å²) in [5, 5.41) is 16.0. The number of nitrogens with one attached hydrogen (secondary N) is 3. The van der Waals surface area contributed by atoms with Crippen molar-refractivity contribution in [1.82, 2.24) is 15.0 Å². The van der Waals surface area contributed by atoms with Crippen molar-refractivity contribution in [3.63, 3.8) is 0 Å². The number of hydrogen-bond donors (Lipinski definition) is 4. The number of carbonyl (C=O) groups is 1. The number of nitrogens with two attached hydrogens (primary N) is 1. The Morgan fingerprint density at radius 3 is 2.78 bits per heavy atom. The fraction of sp³-hybridized carbons (Fsp3) is 0.0952. The zero-order valence-corrected chi connectivity index (χ0v) is 19.3. The molecule has 1 amide bonds. The number of fused-ring (bicyclic) bond motifs is 1. The summed E-state index contributed by atoms with van der Waals surface area (Å²) in [5.74, 6) is 0.501. The Labute approximate surface area is 195 Å². The first-order valence-corrected chi connectivity index (χ1v) is 11.1. The normalized spacial score (nSPS) is 10.7. The van der Waals surface area contributed by atoms with E-state index in [-0.39, 0.29) is 10.5 Å². The largest absolute Gasteiger partial charge is 0.481 e. The Kier molecular flexibility index (Phi) is 6.28. The Balaban J connectivity index is 1.60. The van der Waals surface area contributed by atoms with E-state index in [1.807, 2.05) is 18.2 Å². The van der Waals surface area contributed by atoms with Crippen LogP contribution in [0.25, 0.3) is 10.2 Å². The van der Waals surface area contributed by atoms with Crippen LogP contribution in [-0.2, 0) is 6.54 Å². The Morgan fingerprint density at radius 1 is 1.22 bits per heavy atom. The van der Waals surface area contributed by atoms with E-state index in [0.29, 0.717) is 51.0 Å². The zero-order valence-electron chi connectivity index (χ0n) is 16.8. The van der Waals surface area contributed by atoms with Crippen molar-refractivity contribution in [2.45, 2.75) is 6.54 Å². The summed E-state index contributed by atoms with van der Waals surface area (Å²) in [4.78, 5) is 25.5. The molecule has 0 aliphatic rings. The van der Waals surface area contributed by atoms with Crippen molar-refractivity contribution in [3.05, 3.63) is 64.9 Å². The van der Waals surface area contributed by atoms with E-state index < -0.39 is 0 Å². The summed E-state index contributed by atoms with van der Waals surface area (Å²) >= 11 is 4.55. The second-order valence-corrected chi connectivity index (χ2v) is 8.28. The summed E-state index contributed by atoms with van der Waals surface area (Å²) < 4.78 is 5.94. The van der Waals surface area contributed by atoms with Gasteiger partial charge in [0.2, 0.25) is 5.88 Å². The van der Waals surface area contributed by atoms with Gasteiger partial charge in [0.15, 0.2) is 0 Å². The molecule has 0 atom stereocenters. The molecule has 3 aromatic heterocycles. The minimum Gasteiger partial charge on any atom is -0.481 e. The minimum atomic E-state index is -0.351. The van der Waals surface area contributed by atoms with Gasteiger partial charge in [-0.2, -0.15) is 0 Å². The molecular weight excluding hydrogens is 494 g/mol. The lowest BCUT2D eigenvalue weighted by Crippen LogP contribution is -2.15. The van der Waals surface area contributed by atoms with Crippen LogP contribution in [0.5, 0.6) is 5.88 Å². The molecule has 0 unspecified atom stereocenters. The fourth-order valence-electron chi connectivity index (χ4n) is 3.12. The van der Waals surface area contributed by atoms with Crippen LogP contribution >= 0.6 is 27.3 Å². The summed E-state index contributed by atoms with van der Waals surface area (Å²) in [6.45, 7) is 0.410. The van der Waals surface area contributed by atoms with E-state index in [1.165, 1.54) is 17.7 Å². The number of thiophene rings is 1. The smallest absolute Gasteiger partial charge is 0.258 e. The van der Waals surface area contributed by atoms with Gasteiger partial charge >= 0.3 is 0 Å². The Morgan fingerprint density at radius 2 is 2.00 bits per heavy atom. The highest BCUT2D eigenvalue weighted by atomic mass is 79.9. The average Bonchev–Trinajstić information content (AvgIpc) is 3.23. The summed E-state index contributed by atoms with van der Waals surface area (Å²) in [5.41, 5.74) is 9.19. The maximum atomic E-state index is 13.0. The van der Waals surface area contributed by atoms with Crippen LogP contribution in [0.2, 0.25) is 0 Å². The third-order valence-electron chi connectivity index (χ3n) is 4.61. The number of carbonyl (C=O) groups excluding carboxylic acids is 1. The highest BCUT2D eigenvalue weighted by molar-refractivity contribution is 9.18. The lowest BCUT2D eigenvalue weighted by molar-refractivity contribution is 0.102. The number of amides is 1. The van der Waals surface area contributed by atoms with Crippen molar-refractivity contribution in [3.8, 4) is 5.88 Å². The third-order valence-corrected chi connectivity index (χ3v) is 6.00. The molecule has 3 heterocycles. The summed E-state index contributed by atoms with van der Waals surface area (Å²) in [7, 11) is 1.56. The first kappa shape index (κ1) is 21.7.